The van der Waals surface area contributed by atoms with Crippen LogP contribution in [0.5, 0.6) is 0 Å². The predicted molar refractivity (Wildman–Crippen MR) is 63.8 cm³/mol. The topological polar surface area (TPSA) is 182 Å². The van der Waals surface area contributed by atoms with Gasteiger partial charge in [-0.25, -0.2) is 0 Å². The van der Waals surface area contributed by atoms with Gasteiger partial charge >= 0.3 is 32.2 Å². The number of carboxylic acids is 1. The molecule has 0 aromatic carbocycles. The van der Waals surface area contributed by atoms with Crippen molar-refractivity contribution in [3.63, 3.8) is 0 Å². The number of aliphatic hydroxyl groups is 5. The van der Waals surface area contributed by atoms with Crippen LogP contribution < -0.4 is 5.73 Å². The number of hydrogen-bond acceptors (Lipinski definition) is 8. The SMILES string of the molecule is NCC(=O)O.O=CC(O)C(O)C(O)C(O)CO.[BiH3]. The maximum atomic E-state index is 9.90. The molecule has 0 aliphatic rings. The molecule has 0 spiro atoms. The number of aliphatic hydroxyl groups excluding tert-OH is 5. The maximum absolute atomic E-state index is 9.90. The van der Waals surface area contributed by atoms with Crippen molar-refractivity contribution in [1.82, 2.24) is 0 Å². The van der Waals surface area contributed by atoms with Crippen molar-refractivity contribution in [2.75, 3.05) is 13.2 Å². The summed E-state index contributed by atoms with van der Waals surface area (Å²) >= 11 is 0. The summed E-state index contributed by atoms with van der Waals surface area (Å²) in [6.45, 7) is -1.04. The molecule has 18 heavy (non-hydrogen) atoms. The Morgan fingerprint density at radius 2 is 1.56 bits per heavy atom. The van der Waals surface area contributed by atoms with E-state index < -0.39 is 37.0 Å². The van der Waals surface area contributed by atoms with Crippen molar-refractivity contribution >= 4 is 38.5 Å². The zero-order chi connectivity index (χ0) is 14.0. The zero-order valence-electron chi connectivity index (χ0n) is 9.59. The van der Waals surface area contributed by atoms with Gasteiger partial charge in [0.05, 0.1) is 13.2 Å². The number of carbonyl (C=O) groups is 2. The summed E-state index contributed by atoms with van der Waals surface area (Å²) in [7, 11) is 0. The molecule has 0 fully saturated rings. The molecule has 0 bridgehead atoms. The van der Waals surface area contributed by atoms with Crippen LogP contribution in [0.15, 0.2) is 0 Å². The van der Waals surface area contributed by atoms with E-state index in [1.54, 1.807) is 0 Å². The molecule has 0 heterocycles. The van der Waals surface area contributed by atoms with Crippen LogP contribution in [0.1, 0.15) is 0 Å². The molecule has 110 valence electrons. The van der Waals surface area contributed by atoms with E-state index in [2.05, 4.69) is 5.73 Å². The van der Waals surface area contributed by atoms with E-state index in [4.69, 9.17) is 30.6 Å². The second-order valence-corrected chi connectivity index (χ2v) is 2.96. The van der Waals surface area contributed by atoms with Crippen molar-refractivity contribution in [2.45, 2.75) is 24.4 Å². The van der Waals surface area contributed by atoms with Gasteiger partial charge in [0.2, 0.25) is 0 Å². The monoisotopic (exact) mass is 467 g/mol. The Hall–Kier alpha value is -0.217. The third-order valence-corrected chi connectivity index (χ3v) is 1.60. The minimum absolute atomic E-state index is 0. The first kappa shape index (κ1) is 22.9. The zero-order valence-corrected chi connectivity index (χ0v) is 15.1. The summed E-state index contributed by atoms with van der Waals surface area (Å²) in [5, 5.41) is 51.1. The van der Waals surface area contributed by atoms with Gasteiger partial charge < -0.3 is 41.2 Å². The van der Waals surface area contributed by atoms with Gasteiger partial charge in [-0.3, -0.25) is 4.79 Å². The van der Waals surface area contributed by atoms with E-state index in [9.17, 15) is 9.59 Å². The number of aldehydes is 1. The molecule has 0 radical (unpaired) electrons. The second kappa shape index (κ2) is 13.2. The Labute approximate surface area is 122 Å². The number of carbonyl (C=O) groups excluding carboxylic acids is 1. The molecule has 0 saturated carbocycles. The van der Waals surface area contributed by atoms with E-state index in [0.717, 1.165) is 0 Å². The minimum atomic E-state index is -1.79. The third-order valence-electron chi connectivity index (χ3n) is 1.60. The summed E-state index contributed by atoms with van der Waals surface area (Å²) in [4.78, 5) is 19.1. The molecule has 4 unspecified atom stereocenters. The molecule has 0 aromatic rings. The molecule has 8 N–H and O–H groups in total. The first-order valence-corrected chi connectivity index (χ1v) is 4.52. The summed E-state index contributed by atoms with van der Waals surface area (Å²) in [6, 6.07) is 0. The van der Waals surface area contributed by atoms with Crippen molar-refractivity contribution in [3.05, 3.63) is 0 Å². The fourth-order valence-corrected chi connectivity index (χ4v) is 0.618. The summed E-state index contributed by atoms with van der Waals surface area (Å²) in [5.41, 5.74) is 4.57. The summed E-state index contributed by atoms with van der Waals surface area (Å²) in [5.74, 6) is -0.968. The first-order valence-electron chi connectivity index (χ1n) is 4.52. The first-order chi connectivity index (χ1) is 7.81. The van der Waals surface area contributed by atoms with E-state index in [1.165, 1.54) is 0 Å². The molecule has 10 heteroatoms. The molecule has 0 aliphatic carbocycles. The van der Waals surface area contributed by atoms with Gasteiger partial charge in [0.25, 0.3) is 0 Å². The van der Waals surface area contributed by atoms with E-state index in [1.807, 2.05) is 0 Å². The summed E-state index contributed by atoms with van der Waals surface area (Å²) < 4.78 is 0. The molecule has 0 saturated heterocycles. The molecule has 0 amide bonds. The van der Waals surface area contributed by atoms with Gasteiger partial charge in [-0.1, -0.05) is 0 Å². The molecule has 0 aliphatic heterocycles. The number of hydrogen-bond donors (Lipinski definition) is 7. The van der Waals surface area contributed by atoms with Crippen molar-refractivity contribution < 1.29 is 40.2 Å². The third kappa shape index (κ3) is 10.9. The standard InChI is InChI=1S/C6H12O6.C2H5NO2.Bi.3H/c7-1-3(9)5(11)6(12)4(10)2-8;3-1-2(4)5;;;;/h1,3-6,8-12H,2H2;1,3H2,(H,4,5);;;;. The van der Waals surface area contributed by atoms with Gasteiger partial charge in [-0.05, 0) is 0 Å². The summed E-state index contributed by atoms with van der Waals surface area (Å²) in [6.07, 6.45) is -6.84. The number of aliphatic carboxylic acids is 1. The van der Waals surface area contributed by atoms with Gasteiger partial charge in [-0.15, -0.1) is 0 Å². The molecular weight excluding hydrogens is 447 g/mol. The van der Waals surface area contributed by atoms with Crippen LogP contribution >= 0.6 is 0 Å². The van der Waals surface area contributed by atoms with Crippen molar-refractivity contribution in [2.24, 2.45) is 5.73 Å². The van der Waals surface area contributed by atoms with Crippen molar-refractivity contribution in [1.29, 1.82) is 0 Å². The molecule has 9 nitrogen and oxygen atoms in total. The number of rotatable bonds is 6. The Morgan fingerprint density at radius 1 is 1.17 bits per heavy atom. The van der Waals surface area contributed by atoms with Gasteiger partial charge in [0.1, 0.15) is 24.4 Å². The van der Waals surface area contributed by atoms with Gasteiger partial charge in [-0.2, -0.15) is 0 Å². The second-order valence-electron chi connectivity index (χ2n) is 2.96. The quantitative estimate of drug-likeness (QED) is 0.148. The number of carboxylic acid groups (broad SMARTS) is 1. The Balaban J connectivity index is -0.000000321. The van der Waals surface area contributed by atoms with Crippen LogP contribution in [0.3, 0.4) is 0 Å². The van der Waals surface area contributed by atoms with Crippen LogP contribution in [0.2, 0.25) is 0 Å². The van der Waals surface area contributed by atoms with Crippen LogP contribution in [0, 0.1) is 0 Å². The molecular formula is C8H20BiNO8. The average molecular weight is 467 g/mol. The van der Waals surface area contributed by atoms with Crippen molar-refractivity contribution in [3.8, 4) is 0 Å². The molecule has 4 atom stereocenters. The van der Waals surface area contributed by atoms with Crippen LogP contribution in [0.4, 0.5) is 0 Å². The van der Waals surface area contributed by atoms with E-state index >= 15 is 0 Å². The Kier molecular flexibility index (Phi) is 16.8. The van der Waals surface area contributed by atoms with E-state index in [-0.39, 0.29) is 39.0 Å². The van der Waals surface area contributed by atoms with Gasteiger partial charge in [0, 0.05) is 0 Å². The molecule has 0 rings (SSSR count). The van der Waals surface area contributed by atoms with Crippen LogP contribution in [-0.2, 0) is 9.59 Å². The molecule has 0 aromatic heterocycles. The predicted octanol–water partition coefficient (Wildman–Crippen LogP) is -5.53. The fraction of sp³-hybridized carbons (Fsp3) is 0.750. The van der Waals surface area contributed by atoms with Crippen LogP contribution in [-0.4, -0.2) is 107 Å². The Morgan fingerprint density at radius 3 is 1.78 bits per heavy atom. The number of nitrogens with two attached hydrogens (primary N) is 1. The van der Waals surface area contributed by atoms with E-state index in [0.29, 0.717) is 0 Å². The normalized spacial score (nSPS) is 16.1. The average Bonchev–Trinajstić information content (AvgIpc) is 2.35. The van der Waals surface area contributed by atoms with Crippen LogP contribution in [0.25, 0.3) is 0 Å². The Bertz CT molecular complexity index is 229. The fourth-order valence-electron chi connectivity index (χ4n) is 0.618. The van der Waals surface area contributed by atoms with Gasteiger partial charge in [0.15, 0.2) is 6.29 Å².